The molecule has 0 bridgehead atoms. The van der Waals surface area contributed by atoms with Crippen LogP contribution >= 0.6 is 0 Å². The molecule has 2 rings (SSSR count). The van der Waals surface area contributed by atoms with E-state index in [4.69, 9.17) is 5.73 Å². The zero-order valence-corrected chi connectivity index (χ0v) is 13.7. The summed E-state index contributed by atoms with van der Waals surface area (Å²) >= 11 is 0. The summed E-state index contributed by atoms with van der Waals surface area (Å²) in [6.45, 7) is 13.4. The molecule has 2 heteroatoms. The van der Waals surface area contributed by atoms with E-state index in [1.54, 1.807) is 0 Å². The molecule has 1 saturated heterocycles. The molecule has 1 aliphatic heterocycles. The summed E-state index contributed by atoms with van der Waals surface area (Å²) in [4.78, 5) is 2.58. The summed E-state index contributed by atoms with van der Waals surface area (Å²) in [5, 5.41) is 0. The fourth-order valence-electron chi connectivity index (χ4n) is 3.80. The van der Waals surface area contributed by atoms with E-state index < -0.39 is 0 Å². The minimum Gasteiger partial charge on any atom is -0.323 e. The predicted molar refractivity (Wildman–Crippen MR) is 87.0 cm³/mol. The highest BCUT2D eigenvalue weighted by Crippen LogP contribution is 2.27. The largest absolute Gasteiger partial charge is 0.323 e. The average molecular weight is 274 g/mol. The van der Waals surface area contributed by atoms with E-state index in [9.17, 15) is 0 Å². The number of hydrogen-bond donors (Lipinski definition) is 1. The van der Waals surface area contributed by atoms with E-state index in [1.807, 2.05) is 0 Å². The Kier molecular flexibility index (Phi) is 4.87. The molecule has 0 aliphatic carbocycles. The van der Waals surface area contributed by atoms with Crippen molar-refractivity contribution in [3.05, 3.63) is 34.4 Å². The number of hydrogen-bond acceptors (Lipinski definition) is 2. The third kappa shape index (κ3) is 3.24. The number of rotatable bonds is 3. The van der Waals surface area contributed by atoms with Gasteiger partial charge in [-0.05, 0) is 69.7 Å². The lowest BCUT2D eigenvalue weighted by Gasteiger charge is -2.39. The molecule has 1 aromatic carbocycles. The molecule has 1 fully saturated rings. The van der Waals surface area contributed by atoms with Crippen LogP contribution in [0.3, 0.4) is 0 Å². The molecule has 1 aliphatic rings. The van der Waals surface area contributed by atoms with Crippen LogP contribution in [0.4, 0.5) is 0 Å². The number of nitrogens with two attached hydrogens (primary N) is 1. The molecule has 0 aromatic heterocycles. The van der Waals surface area contributed by atoms with Gasteiger partial charge in [-0.25, -0.2) is 0 Å². The second-order valence-corrected chi connectivity index (χ2v) is 6.77. The third-order valence-corrected chi connectivity index (χ3v) is 5.04. The van der Waals surface area contributed by atoms with Crippen molar-refractivity contribution >= 4 is 0 Å². The highest BCUT2D eigenvalue weighted by atomic mass is 15.2. The molecule has 2 N–H and O–H groups in total. The van der Waals surface area contributed by atoms with Gasteiger partial charge >= 0.3 is 0 Å². The lowest BCUT2D eigenvalue weighted by molar-refractivity contribution is 0.107. The van der Waals surface area contributed by atoms with E-state index in [0.29, 0.717) is 6.04 Å². The summed E-state index contributed by atoms with van der Waals surface area (Å²) in [6, 6.07) is 5.29. The maximum Gasteiger partial charge on any atom is 0.0429 e. The first kappa shape index (κ1) is 15.5. The summed E-state index contributed by atoms with van der Waals surface area (Å²) in [7, 11) is 0. The number of benzene rings is 1. The minimum absolute atomic E-state index is 0.128. The monoisotopic (exact) mass is 274 g/mol. The van der Waals surface area contributed by atoms with Crippen LogP contribution in [0.2, 0.25) is 0 Å². The van der Waals surface area contributed by atoms with E-state index in [2.05, 4.69) is 51.7 Å². The summed E-state index contributed by atoms with van der Waals surface area (Å²) < 4.78 is 0. The maximum absolute atomic E-state index is 6.54. The molecular formula is C18H30N2. The first-order valence-corrected chi connectivity index (χ1v) is 7.97. The summed E-state index contributed by atoms with van der Waals surface area (Å²) in [5.41, 5.74) is 11.9. The third-order valence-electron chi connectivity index (χ3n) is 5.04. The van der Waals surface area contributed by atoms with Crippen molar-refractivity contribution in [2.75, 3.05) is 13.1 Å². The Bertz CT molecular complexity index is 443. The van der Waals surface area contributed by atoms with Crippen LogP contribution in [-0.2, 0) is 0 Å². The van der Waals surface area contributed by atoms with Crippen molar-refractivity contribution in [2.45, 2.75) is 59.5 Å². The normalized spacial score (nSPS) is 25.7. The molecule has 20 heavy (non-hydrogen) atoms. The Morgan fingerprint density at radius 1 is 1.20 bits per heavy atom. The first-order chi connectivity index (χ1) is 9.40. The van der Waals surface area contributed by atoms with Gasteiger partial charge in [-0.3, -0.25) is 4.90 Å². The van der Waals surface area contributed by atoms with Gasteiger partial charge in [0.1, 0.15) is 0 Å². The number of likely N-dealkylation sites (tertiary alicyclic amines) is 1. The molecule has 1 heterocycles. The molecule has 3 unspecified atom stereocenters. The Morgan fingerprint density at radius 2 is 1.80 bits per heavy atom. The van der Waals surface area contributed by atoms with Gasteiger partial charge < -0.3 is 5.73 Å². The molecule has 0 amide bonds. The van der Waals surface area contributed by atoms with Crippen molar-refractivity contribution in [3.63, 3.8) is 0 Å². The molecule has 0 saturated carbocycles. The minimum atomic E-state index is 0.128. The topological polar surface area (TPSA) is 29.3 Å². The van der Waals surface area contributed by atoms with Crippen LogP contribution in [0, 0.1) is 26.7 Å². The van der Waals surface area contributed by atoms with Gasteiger partial charge in [-0.15, -0.1) is 0 Å². The van der Waals surface area contributed by atoms with Crippen LogP contribution in [0.25, 0.3) is 0 Å². The van der Waals surface area contributed by atoms with Crippen molar-refractivity contribution in [2.24, 2.45) is 11.7 Å². The second-order valence-electron chi connectivity index (χ2n) is 6.77. The number of nitrogens with zero attached hydrogens (tertiary/aromatic N) is 1. The van der Waals surface area contributed by atoms with Crippen LogP contribution in [-0.4, -0.2) is 24.0 Å². The van der Waals surface area contributed by atoms with Gasteiger partial charge in [0.2, 0.25) is 0 Å². The fourth-order valence-corrected chi connectivity index (χ4v) is 3.80. The van der Waals surface area contributed by atoms with E-state index in [-0.39, 0.29) is 6.04 Å². The smallest absolute Gasteiger partial charge is 0.0429 e. The first-order valence-electron chi connectivity index (χ1n) is 7.97. The van der Waals surface area contributed by atoms with Gasteiger partial charge in [-0.1, -0.05) is 24.6 Å². The van der Waals surface area contributed by atoms with Crippen LogP contribution < -0.4 is 5.73 Å². The van der Waals surface area contributed by atoms with Crippen LogP contribution in [0.15, 0.2) is 12.1 Å². The standard InChI is InChI=1S/C18H30N2/c1-12-9-14(3)18(15(4)10-12)17(19)11-20-8-6-7-13(2)16(20)5/h9-10,13,16-17H,6-8,11,19H2,1-5H3. The molecule has 0 spiro atoms. The quantitative estimate of drug-likeness (QED) is 0.910. The Balaban J connectivity index is 2.14. The van der Waals surface area contributed by atoms with Gasteiger partial charge in [0.25, 0.3) is 0 Å². The SMILES string of the molecule is Cc1cc(C)c(C(N)CN2CCCC(C)C2C)c(C)c1. The van der Waals surface area contributed by atoms with E-state index in [0.717, 1.165) is 12.5 Å². The second kappa shape index (κ2) is 6.28. The Hall–Kier alpha value is -0.860. The molecule has 3 atom stereocenters. The van der Waals surface area contributed by atoms with Gasteiger partial charge in [0.15, 0.2) is 0 Å². The fraction of sp³-hybridized carbons (Fsp3) is 0.667. The average Bonchev–Trinajstić information content (AvgIpc) is 2.33. The Morgan fingerprint density at radius 3 is 2.40 bits per heavy atom. The van der Waals surface area contributed by atoms with Crippen molar-refractivity contribution < 1.29 is 0 Å². The van der Waals surface area contributed by atoms with Crippen LogP contribution in [0.1, 0.15) is 55.0 Å². The van der Waals surface area contributed by atoms with Crippen molar-refractivity contribution in [3.8, 4) is 0 Å². The van der Waals surface area contributed by atoms with Gasteiger partial charge in [0.05, 0.1) is 0 Å². The summed E-state index contributed by atoms with van der Waals surface area (Å²) in [6.07, 6.45) is 2.67. The van der Waals surface area contributed by atoms with E-state index >= 15 is 0 Å². The molecule has 112 valence electrons. The highest BCUT2D eigenvalue weighted by Gasteiger charge is 2.26. The molecule has 0 radical (unpaired) electrons. The van der Waals surface area contributed by atoms with Gasteiger partial charge in [-0.2, -0.15) is 0 Å². The lowest BCUT2D eigenvalue weighted by Crippen LogP contribution is -2.45. The number of piperidine rings is 1. The zero-order valence-electron chi connectivity index (χ0n) is 13.7. The molecule has 2 nitrogen and oxygen atoms in total. The van der Waals surface area contributed by atoms with Crippen molar-refractivity contribution in [1.82, 2.24) is 4.90 Å². The van der Waals surface area contributed by atoms with Gasteiger partial charge in [0, 0.05) is 18.6 Å². The molecular weight excluding hydrogens is 244 g/mol. The highest BCUT2D eigenvalue weighted by molar-refractivity contribution is 5.39. The molecule has 1 aromatic rings. The van der Waals surface area contributed by atoms with Crippen molar-refractivity contribution in [1.29, 1.82) is 0 Å². The van der Waals surface area contributed by atoms with Crippen LogP contribution in [0.5, 0.6) is 0 Å². The maximum atomic E-state index is 6.54. The Labute approximate surface area is 124 Å². The zero-order chi connectivity index (χ0) is 14.9. The number of aryl methyl sites for hydroxylation is 3. The van der Waals surface area contributed by atoms with E-state index in [1.165, 1.54) is 41.6 Å². The predicted octanol–water partition coefficient (Wildman–Crippen LogP) is 3.73. The summed E-state index contributed by atoms with van der Waals surface area (Å²) in [5.74, 6) is 0.788. The lowest BCUT2D eigenvalue weighted by atomic mass is 9.90.